The summed E-state index contributed by atoms with van der Waals surface area (Å²) in [7, 11) is 0. The van der Waals surface area contributed by atoms with Crippen molar-refractivity contribution in [3.63, 3.8) is 0 Å². The number of aryl methyl sites for hydroxylation is 2. The maximum atomic E-state index is 14.5. The Morgan fingerprint density at radius 2 is 0.792 bits per heavy atom. The lowest BCUT2D eigenvalue weighted by atomic mass is 9.52. The standard InChI is InChI=1S/C18H14F6/c1-11-3-7-13(8-4-11)15(14-9-5-12(2)6-10-14)16(19,20)18(23,24)17(15,21)22/h3-10H,1-2H3. The van der Waals surface area contributed by atoms with Crippen molar-refractivity contribution >= 4 is 0 Å². The summed E-state index contributed by atoms with van der Waals surface area (Å²) in [4.78, 5) is 0. The third-order valence-corrected chi connectivity index (χ3v) is 4.70. The molecular formula is C18H14F6. The van der Waals surface area contributed by atoms with E-state index >= 15 is 0 Å². The van der Waals surface area contributed by atoms with Crippen LogP contribution in [0.1, 0.15) is 22.3 Å². The fraction of sp³-hybridized carbons (Fsp3) is 0.333. The van der Waals surface area contributed by atoms with Gasteiger partial charge in [-0.05, 0) is 25.0 Å². The van der Waals surface area contributed by atoms with Crippen LogP contribution >= 0.6 is 0 Å². The molecule has 2 aromatic rings. The van der Waals surface area contributed by atoms with Crippen molar-refractivity contribution < 1.29 is 26.3 Å². The molecule has 1 fully saturated rings. The molecule has 0 unspecified atom stereocenters. The van der Waals surface area contributed by atoms with Crippen LogP contribution in [-0.4, -0.2) is 17.8 Å². The van der Waals surface area contributed by atoms with Crippen LogP contribution in [-0.2, 0) is 5.41 Å². The smallest absolute Gasteiger partial charge is 0.198 e. The van der Waals surface area contributed by atoms with Crippen LogP contribution in [0.4, 0.5) is 26.3 Å². The summed E-state index contributed by atoms with van der Waals surface area (Å²) < 4.78 is 85.1. The first kappa shape index (κ1) is 16.9. The molecule has 1 aliphatic carbocycles. The van der Waals surface area contributed by atoms with Crippen molar-refractivity contribution in [1.29, 1.82) is 0 Å². The van der Waals surface area contributed by atoms with E-state index in [1.165, 1.54) is 24.3 Å². The predicted molar refractivity (Wildman–Crippen MR) is 78.0 cm³/mol. The molecule has 0 radical (unpaired) electrons. The van der Waals surface area contributed by atoms with Crippen molar-refractivity contribution in [2.24, 2.45) is 0 Å². The van der Waals surface area contributed by atoms with Gasteiger partial charge < -0.3 is 0 Å². The first-order valence-corrected chi connectivity index (χ1v) is 7.28. The molecule has 0 N–H and O–H groups in total. The summed E-state index contributed by atoms with van der Waals surface area (Å²) in [6.07, 6.45) is 0. The number of benzene rings is 2. The van der Waals surface area contributed by atoms with Crippen LogP contribution in [0.15, 0.2) is 48.5 Å². The summed E-state index contributed by atoms with van der Waals surface area (Å²) in [6.45, 7) is 3.29. The fourth-order valence-electron chi connectivity index (χ4n) is 3.30. The number of alkyl halides is 6. The zero-order valence-electron chi connectivity index (χ0n) is 12.9. The van der Waals surface area contributed by atoms with Crippen LogP contribution in [0.5, 0.6) is 0 Å². The Morgan fingerprint density at radius 1 is 0.500 bits per heavy atom. The Bertz CT molecular complexity index is 694. The molecule has 0 bridgehead atoms. The van der Waals surface area contributed by atoms with Gasteiger partial charge in [0.2, 0.25) is 0 Å². The summed E-state index contributed by atoms with van der Waals surface area (Å²) in [6, 6.07) is 9.67. The summed E-state index contributed by atoms with van der Waals surface area (Å²) in [5, 5.41) is 0. The first-order valence-electron chi connectivity index (χ1n) is 7.28. The van der Waals surface area contributed by atoms with Crippen LogP contribution < -0.4 is 0 Å². The SMILES string of the molecule is Cc1ccc(C2(c3ccc(C)cc3)C(F)(F)C(F)(F)C2(F)F)cc1. The lowest BCUT2D eigenvalue weighted by molar-refractivity contribution is -0.438. The Kier molecular flexibility index (Phi) is 3.35. The Balaban J connectivity index is 2.35. The van der Waals surface area contributed by atoms with Gasteiger partial charge in [0, 0.05) is 0 Å². The number of halogens is 6. The fourth-order valence-corrected chi connectivity index (χ4v) is 3.30. The second-order valence-electron chi connectivity index (χ2n) is 6.21. The molecule has 24 heavy (non-hydrogen) atoms. The van der Waals surface area contributed by atoms with E-state index in [1.54, 1.807) is 13.8 Å². The van der Waals surface area contributed by atoms with Gasteiger partial charge in [-0.2, -0.15) is 26.3 Å². The molecular weight excluding hydrogens is 330 g/mol. The zero-order valence-corrected chi connectivity index (χ0v) is 12.9. The topological polar surface area (TPSA) is 0 Å². The monoisotopic (exact) mass is 344 g/mol. The van der Waals surface area contributed by atoms with E-state index in [0.717, 1.165) is 24.3 Å². The van der Waals surface area contributed by atoms with Crippen LogP contribution in [0.3, 0.4) is 0 Å². The third kappa shape index (κ3) is 1.66. The van der Waals surface area contributed by atoms with Crippen molar-refractivity contribution in [2.75, 3.05) is 0 Å². The maximum Gasteiger partial charge on any atom is 0.374 e. The highest BCUT2D eigenvalue weighted by molar-refractivity contribution is 5.54. The molecule has 6 heteroatoms. The molecule has 3 rings (SSSR count). The van der Waals surface area contributed by atoms with Gasteiger partial charge in [-0.15, -0.1) is 0 Å². The average Bonchev–Trinajstić information content (AvgIpc) is 2.50. The lowest BCUT2D eigenvalue weighted by Gasteiger charge is -2.59. The van der Waals surface area contributed by atoms with Crippen molar-refractivity contribution in [2.45, 2.75) is 37.0 Å². The minimum atomic E-state index is -5.42. The Hall–Kier alpha value is -1.98. The molecule has 0 spiro atoms. The second-order valence-corrected chi connectivity index (χ2v) is 6.21. The van der Waals surface area contributed by atoms with E-state index in [9.17, 15) is 26.3 Å². The molecule has 1 saturated carbocycles. The summed E-state index contributed by atoms with van der Waals surface area (Å²) in [5.41, 5.74) is -3.16. The maximum absolute atomic E-state index is 14.5. The van der Waals surface area contributed by atoms with Crippen molar-refractivity contribution in [1.82, 2.24) is 0 Å². The molecule has 0 amide bonds. The minimum Gasteiger partial charge on any atom is -0.198 e. The molecule has 128 valence electrons. The summed E-state index contributed by atoms with van der Waals surface area (Å²) >= 11 is 0. The van der Waals surface area contributed by atoms with E-state index in [-0.39, 0.29) is 0 Å². The van der Waals surface area contributed by atoms with Gasteiger partial charge in [0.1, 0.15) is 0 Å². The van der Waals surface area contributed by atoms with Crippen molar-refractivity contribution in [3.8, 4) is 0 Å². The highest BCUT2D eigenvalue weighted by Crippen LogP contribution is 2.74. The number of hydrogen-bond donors (Lipinski definition) is 0. The summed E-state index contributed by atoms with van der Waals surface area (Å²) in [5.74, 6) is -15.3. The van der Waals surface area contributed by atoms with Gasteiger partial charge >= 0.3 is 17.8 Å². The lowest BCUT2D eigenvalue weighted by Crippen LogP contribution is -2.84. The van der Waals surface area contributed by atoms with E-state index in [2.05, 4.69) is 0 Å². The minimum absolute atomic E-state index is 0.530. The van der Waals surface area contributed by atoms with Gasteiger partial charge in [-0.3, -0.25) is 0 Å². The highest BCUT2D eigenvalue weighted by atomic mass is 19.4. The second kappa shape index (κ2) is 4.77. The van der Waals surface area contributed by atoms with Crippen LogP contribution in [0.2, 0.25) is 0 Å². The number of hydrogen-bond acceptors (Lipinski definition) is 0. The molecule has 0 saturated heterocycles. The van der Waals surface area contributed by atoms with E-state index in [0.29, 0.717) is 11.1 Å². The zero-order chi connectivity index (χ0) is 18.0. The van der Waals surface area contributed by atoms with Gasteiger partial charge in [0.05, 0.1) is 0 Å². The molecule has 0 heterocycles. The Labute approximate surface area is 135 Å². The van der Waals surface area contributed by atoms with Gasteiger partial charge in [0.25, 0.3) is 0 Å². The van der Waals surface area contributed by atoms with Crippen molar-refractivity contribution in [3.05, 3.63) is 70.8 Å². The normalized spacial score (nSPS) is 22.7. The Morgan fingerprint density at radius 3 is 1.08 bits per heavy atom. The van der Waals surface area contributed by atoms with Crippen LogP contribution in [0.25, 0.3) is 0 Å². The van der Waals surface area contributed by atoms with E-state index in [1.807, 2.05) is 0 Å². The molecule has 0 aromatic heterocycles. The average molecular weight is 344 g/mol. The quantitative estimate of drug-likeness (QED) is 0.630. The molecule has 0 nitrogen and oxygen atoms in total. The molecule has 2 aromatic carbocycles. The predicted octanol–water partition coefficient (Wildman–Crippen LogP) is 5.51. The molecule has 0 aliphatic heterocycles. The van der Waals surface area contributed by atoms with Gasteiger partial charge in [-0.1, -0.05) is 59.7 Å². The molecule has 1 aliphatic rings. The largest absolute Gasteiger partial charge is 0.374 e. The third-order valence-electron chi connectivity index (χ3n) is 4.70. The van der Waals surface area contributed by atoms with E-state index < -0.39 is 34.3 Å². The first-order chi connectivity index (χ1) is 11.0. The number of rotatable bonds is 2. The highest BCUT2D eigenvalue weighted by Gasteiger charge is 2.98. The van der Waals surface area contributed by atoms with Gasteiger partial charge in [-0.25, -0.2) is 0 Å². The van der Waals surface area contributed by atoms with Crippen LogP contribution in [0, 0.1) is 13.8 Å². The molecule has 0 atom stereocenters. The van der Waals surface area contributed by atoms with E-state index in [4.69, 9.17) is 0 Å². The van der Waals surface area contributed by atoms with Gasteiger partial charge in [0.15, 0.2) is 5.41 Å².